The zero-order valence-corrected chi connectivity index (χ0v) is 6.15. The molecule has 1 N–H and O–H groups in total. The summed E-state index contributed by atoms with van der Waals surface area (Å²) in [6, 6.07) is 0. The molecule has 1 unspecified atom stereocenters. The number of hydrogen-bond donors (Lipinski definition) is 1. The van der Waals surface area contributed by atoms with Crippen LogP contribution in [0.5, 0.6) is 0 Å². The molecule has 60 valence electrons. The molecule has 0 heterocycles. The number of nitrogens with zero attached hydrogens (tertiary/aromatic N) is 1. The van der Waals surface area contributed by atoms with Gasteiger partial charge >= 0.3 is 0 Å². The molecule has 11 heavy (non-hydrogen) atoms. The van der Waals surface area contributed by atoms with Crippen molar-refractivity contribution in [3.8, 4) is 0 Å². The number of hydrogen-bond acceptors (Lipinski definition) is 4. The Kier molecular flexibility index (Phi) is 4.90. The predicted octanol–water partition coefficient (Wildman–Crippen LogP) is -0.172. The summed E-state index contributed by atoms with van der Waals surface area (Å²) in [6.07, 6.45) is 2.76. The molecule has 0 spiro atoms. The molecular formula is C7H9NO3. The molecule has 4 heteroatoms. The monoisotopic (exact) mass is 155 g/mol. The summed E-state index contributed by atoms with van der Waals surface area (Å²) < 4.78 is 0. The fourth-order valence-corrected chi connectivity index (χ4v) is 0.489. The second-order valence-electron chi connectivity index (χ2n) is 1.85. The van der Waals surface area contributed by atoms with Crippen molar-refractivity contribution in [3.63, 3.8) is 0 Å². The van der Waals surface area contributed by atoms with Crippen LogP contribution in [0.25, 0.3) is 0 Å². The van der Waals surface area contributed by atoms with Crippen LogP contribution in [0.15, 0.2) is 17.1 Å². The minimum absolute atomic E-state index is 0.216. The molecule has 0 bridgehead atoms. The van der Waals surface area contributed by atoms with E-state index < -0.39 is 11.9 Å². The van der Waals surface area contributed by atoms with E-state index in [0.29, 0.717) is 0 Å². The SMILES string of the molecule is CC=CC(=O)C(O)CN=C=O. The molecule has 0 rings (SSSR count). The van der Waals surface area contributed by atoms with Crippen molar-refractivity contribution in [2.75, 3.05) is 6.54 Å². The number of aliphatic hydroxyl groups is 1. The summed E-state index contributed by atoms with van der Waals surface area (Å²) in [6.45, 7) is 1.44. The summed E-state index contributed by atoms with van der Waals surface area (Å²) in [7, 11) is 0. The predicted molar refractivity (Wildman–Crippen MR) is 38.8 cm³/mol. The maximum absolute atomic E-state index is 10.7. The first-order valence-electron chi connectivity index (χ1n) is 3.10. The molecular weight excluding hydrogens is 146 g/mol. The number of aliphatic imine (C=N–C) groups is 1. The summed E-state index contributed by atoms with van der Waals surface area (Å²) >= 11 is 0. The van der Waals surface area contributed by atoms with Gasteiger partial charge in [-0.05, 0) is 13.0 Å². The molecule has 0 saturated carbocycles. The van der Waals surface area contributed by atoms with Gasteiger partial charge in [-0.2, -0.15) is 0 Å². The van der Waals surface area contributed by atoms with Crippen LogP contribution in [0.2, 0.25) is 0 Å². The quantitative estimate of drug-likeness (QED) is 0.348. The molecule has 0 amide bonds. The van der Waals surface area contributed by atoms with Crippen LogP contribution in [0.1, 0.15) is 6.92 Å². The van der Waals surface area contributed by atoms with Gasteiger partial charge in [-0.3, -0.25) is 4.79 Å². The third kappa shape index (κ3) is 4.19. The summed E-state index contributed by atoms with van der Waals surface area (Å²) in [4.78, 5) is 23.3. The number of ketones is 1. The first kappa shape index (κ1) is 9.75. The minimum Gasteiger partial charge on any atom is -0.383 e. The Labute approximate surface area is 64.3 Å². The third-order valence-electron chi connectivity index (χ3n) is 0.988. The molecule has 0 radical (unpaired) electrons. The lowest BCUT2D eigenvalue weighted by Crippen LogP contribution is -2.21. The van der Waals surface area contributed by atoms with Gasteiger partial charge in [-0.25, -0.2) is 9.79 Å². The highest BCUT2D eigenvalue weighted by atomic mass is 16.3. The van der Waals surface area contributed by atoms with Gasteiger partial charge < -0.3 is 5.11 Å². The van der Waals surface area contributed by atoms with Crippen LogP contribution in [0.3, 0.4) is 0 Å². The smallest absolute Gasteiger partial charge is 0.235 e. The van der Waals surface area contributed by atoms with Crippen molar-refractivity contribution < 1.29 is 14.7 Å². The van der Waals surface area contributed by atoms with Crippen molar-refractivity contribution in [2.45, 2.75) is 13.0 Å². The number of rotatable bonds is 4. The summed E-state index contributed by atoms with van der Waals surface area (Å²) in [5, 5.41) is 8.91. The van der Waals surface area contributed by atoms with Crippen LogP contribution in [0.4, 0.5) is 0 Å². The van der Waals surface area contributed by atoms with E-state index in [1.54, 1.807) is 6.92 Å². The topological polar surface area (TPSA) is 66.7 Å². The van der Waals surface area contributed by atoms with Gasteiger partial charge in [0.1, 0.15) is 6.10 Å². The number of allylic oxidation sites excluding steroid dienone is 1. The zero-order chi connectivity index (χ0) is 8.69. The number of carbonyl (C=O) groups excluding carboxylic acids is 2. The zero-order valence-electron chi connectivity index (χ0n) is 6.15. The van der Waals surface area contributed by atoms with E-state index in [2.05, 4.69) is 4.99 Å². The Balaban J connectivity index is 3.92. The lowest BCUT2D eigenvalue weighted by Gasteiger charge is -1.99. The van der Waals surface area contributed by atoms with Gasteiger partial charge in [0.05, 0.1) is 6.54 Å². The number of aliphatic hydroxyl groups excluding tert-OH is 1. The highest BCUT2D eigenvalue weighted by Gasteiger charge is 2.09. The second kappa shape index (κ2) is 5.53. The Morgan fingerprint density at radius 1 is 1.82 bits per heavy atom. The van der Waals surface area contributed by atoms with Gasteiger partial charge in [0.25, 0.3) is 0 Å². The Morgan fingerprint density at radius 3 is 2.91 bits per heavy atom. The minimum atomic E-state index is -1.22. The summed E-state index contributed by atoms with van der Waals surface area (Å²) in [5.41, 5.74) is 0. The van der Waals surface area contributed by atoms with Crippen molar-refractivity contribution in [2.24, 2.45) is 4.99 Å². The van der Waals surface area contributed by atoms with Crippen molar-refractivity contribution in [1.29, 1.82) is 0 Å². The normalized spacial score (nSPS) is 12.5. The lowest BCUT2D eigenvalue weighted by atomic mass is 10.2. The van der Waals surface area contributed by atoms with Gasteiger partial charge in [-0.1, -0.05) is 6.08 Å². The van der Waals surface area contributed by atoms with Crippen LogP contribution < -0.4 is 0 Å². The number of isocyanates is 1. The van der Waals surface area contributed by atoms with E-state index in [1.165, 1.54) is 18.2 Å². The maximum Gasteiger partial charge on any atom is 0.235 e. The Morgan fingerprint density at radius 2 is 2.45 bits per heavy atom. The van der Waals surface area contributed by atoms with Crippen molar-refractivity contribution >= 4 is 11.9 Å². The average molecular weight is 155 g/mol. The van der Waals surface area contributed by atoms with Crippen molar-refractivity contribution in [3.05, 3.63) is 12.2 Å². The first-order chi connectivity index (χ1) is 5.22. The van der Waals surface area contributed by atoms with Gasteiger partial charge in [-0.15, -0.1) is 0 Å². The first-order valence-corrected chi connectivity index (χ1v) is 3.10. The van der Waals surface area contributed by atoms with Crippen molar-refractivity contribution in [1.82, 2.24) is 0 Å². The largest absolute Gasteiger partial charge is 0.383 e. The molecule has 0 aliphatic heterocycles. The lowest BCUT2D eigenvalue weighted by molar-refractivity contribution is -0.121. The average Bonchev–Trinajstić information content (AvgIpc) is 2.00. The third-order valence-corrected chi connectivity index (χ3v) is 0.988. The second-order valence-corrected chi connectivity index (χ2v) is 1.85. The maximum atomic E-state index is 10.7. The van der Waals surface area contributed by atoms with E-state index in [0.717, 1.165) is 0 Å². The van der Waals surface area contributed by atoms with E-state index in [9.17, 15) is 9.59 Å². The fourth-order valence-electron chi connectivity index (χ4n) is 0.489. The van der Waals surface area contributed by atoms with Crippen LogP contribution in [-0.2, 0) is 9.59 Å². The van der Waals surface area contributed by atoms with Crippen LogP contribution in [-0.4, -0.2) is 29.6 Å². The highest BCUT2D eigenvalue weighted by molar-refractivity contribution is 5.93. The molecule has 0 aliphatic carbocycles. The Hall–Kier alpha value is -1.25. The van der Waals surface area contributed by atoms with Crippen LogP contribution >= 0.6 is 0 Å². The molecule has 0 saturated heterocycles. The standard InChI is InChI=1S/C7H9NO3/c1-2-3-6(10)7(11)4-8-5-9/h2-3,7,11H,4H2,1H3. The van der Waals surface area contributed by atoms with E-state index in [1.807, 2.05) is 0 Å². The summed E-state index contributed by atoms with van der Waals surface area (Å²) in [5.74, 6) is -0.452. The number of carbonyl (C=O) groups is 1. The molecule has 0 fully saturated rings. The van der Waals surface area contributed by atoms with Gasteiger partial charge in [0.2, 0.25) is 6.08 Å². The molecule has 0 aromatic rings. The van der Waals surface area contributed by atoms with E-state index in [4.69, 9.17) is 5.11 Å². The highest BCUT2D eigenvalue weighted by Crippen LogP contribution is 1.88. The van der Waals surface area contributed by atoms with Crippen LogP contribution in [0, 0.1) is 0 Å². The van der Waals surface area contributed by atoms with Gasteiger partial charge in [0, 0.05) is 0 Å². The molecule has 0 aromatic carbocycles. The fraction of sp³-hybridized carbons (Fsp3) is 0.429. The van der Waals surface area contributed by atoms with Gasteiger partial charge in [0.15, 0.2) is 5.78 Å². The van der Waals surface area contributed by atoms with E-state index in [-0.39, 0.29) is 6.54 Å². The van der Waals surface area contributed by atoms with E-state index >= 15 is 0 Å². The molecule has 0 aliphatic rings. The molecule has 1 atom stereocenters. The molecule has 0 aromatic heterocycles. The Bertz CT molecular complexity index is 204. The molecule has 4 nitrogen and oxygen atoms in total.